The molecular weight excluding hydrogens is 495 g/mol. The van der Waals surface area contributed by atoms with Gasteiger partial charge in [-0.05, 0) is 146 Å². The van der Waals surface area contributed by atoms with Gasteiger partial charge in [0.25, 0.3) is 8.32 Å². The Labute approximate surface area is 236 Å². The Morgan fingerprint density at radius 3 is 1.29 bits per heavy atom. The van der Waals surface area contributed by atoms with Crippen LogP contribution in [0.25, 0.3) is 0 Å². The van der Waals surface area contributed by atoms with E-state index >= 15 is 0 Å². The fourth-order valence-electron chi connectivity index (χ4n) is 13.0. The minimum atomic E-state index is -2.01. The summed E-state index contributed by atoms with van der Waals surface area (Å²) in [5, 5.41) is 2.95. The lowest BCUT2D eigenvalue weighted by Crippen LogP contribution is -2.58. The summed E-state index contributed by atoms with van der Waals surface area (Å²) in [7, 11) is -2.25. The first-order valence-electron chi connectivity index (χ1n) is 16.7. The van der Waals surface area contributed by atoms with Gasteiger partial charge in [-0.25, -0.2) is 0 Å². The molecule has 0 unspecified atom stereocenters. The van der Waals surface area contributed by atoms with Crippen molar-refractivity contribution in [2.75, 3.05) is 0 Å². The Balaban J connectivity index is 1.37. The summed E-state index contributed by atoms with van der Waals surface area (Å²) in [5.74, 6) is 7.54. The molecule has 0 saturated heterocycles. The third-order valence-electron chi connectivity index (χ3n) is 13.1. The zero-order chi connectivity index (χ0) is 26.4. The van der Waals surface area contributed by atoms with Crippen LogP contribution in [0.1, 0.15) is 119 Å². The second-order valence-electron chi connectivity index (χ2n) is 16.5. The Hall–Kier alpha value is -0.333. The zero-order valence-corrected chi connectivity index (χ0v) is 27.2. The van der Waals surface area contributed by atoms with Crippen molar-refractivity contribution in [1.82, 2.24) is 0 Å². The Kier molecular flexibility index (Phi) is 6.53. The van der Waals surface area contributed by atoms with Crippen LogP contribution in [0.4, 0.5) is 0 Å². The smallest absolute Gasteiger partial charge is 0.258 e. The summed E-state index contributed by atoms with van der Waals surface area (Å²) >= 11 is 0. The van der Waals surface area contributed by atoms with Gasteiger partial charge in [-0.2, -0.15) is 0 Å². The molecule has 9 rings (SSSR count). The van der Waals surface area contributed by atoms with Crippen LogP contribution in [0.3, 0.4) is 0 Å². The molecular formula is C35H55OPSi. The summed E-state index contributed by atoms with van der Waals surface area (Å²) in [6.07, 6.45) is 18.7. The highest BCUT2D eigenvalue weighted by Gasteiger charge is 2.63. The van der Waals surface area contributed by atoms with Crippen molar-refractivity contribution in [2.24, 2.45) is 35.5 Å². The molecule has 8 aliphatic carbocycles. The summed E-state index contributed by atoms with van der Waals surface area (Å²) < 4.78 is 7.68. The van der Waals surface area contributed by atoms with Crippen molar-refractivity contribution < 1.29 is 4.43 Å². The summed E-state index contributed by atoms with van der Waals surface area (Å²) in [6.45, 7) is 14.8. The maximum Gasteiger partial charge on any atom is 0.258 e. The van der Waals surface area contributed by atoms with Gasteiger partial charge in [-0.3, -0.25) is 0 Å². The maximum absolute atomic E-state index is 7.68. The molecule has 0 aromatic heterocycles. The molecule has 38 heavy (non-hydrogen) atoms. The normalized spacial score (nSPS) is 42.0. The molecule has 0 atom stereocenters. The molecule has 8 saturated carbocycles. The fraction of sp³-hybridized carbons (Fsp3) is 0.829. The Bertz CT molecular complexity index is 906. The van der Waals surface area contributed by atoms with Crippen molar-refractivity contribution in [3.8, 4) is 5.75 Å². The molecule has 1 nitrogen and oxygen atoms in total. The lowest BCUT2D eigenvalue weighted by Gasteiger charge is -2.67. The first-order valence-corrected chi connectivity index (χ1v) is 20.2. The molecule has 1 aromatic rings. The maximum atomic E-state index is 7.68. The van der Waals surface area contributed by atoms with E-state index in [-0.39, 0.29) is 7.92 Å². The van der Waals surface area contributed by atoms with Crippen LogP contribution in [-0.2, 0) is 0 Å². The zero-order valence-electron chi connectivity index (χ0n) is 25.3. The summed E-state index contributed by atoms with van der Waals surface area (Å²) in [6, 6.07) is 9.78. The molecule has 0 amide bonds. The predicted octanol–water partition coefficient (Wildman–Crippen LogP) is 10.3. The van der Waals surface area contributed by atoms with E-state index in [9.17, 15) is 0 Å². The standard InChI is InChI=1S/C35H55OPSi/c1-23(2)38(24(3)4,25(5)6)36-32-9-7-8-10-33(32)37(34-17-26-11-27(18-34)13-28(12-26)19-34)35-20-29-14-30(21-35)16-31(15-29)22-35/h7-10,23-31H,11-22H2,1-6H3. The van der Waals surface area contributed by atoms with Gasteiger partial charge in [0.15, 0.2) is 0 Å². The lowest BCUT2D eigenvalue weighted by molar-refractivity contribution is 0.0195. The molecule has 210 valence electrons. The van der Waals surface area contributed by atoms with Gasteiger partial charge in [-0.15, -0.1) is 0 Å². The van der Waals surface area contributed by atoms with Crippen LogP contribution < -0.4 is 9.73 Å². The van der Waals surface area contributed by atoms with E-state index in [4.69, 9.17) is 4.43 Å². The SMILES string of the molecule is CC(C)[Si](Oc1ccccc1P(C12CC3CC(CC(C3)C1)C2)C12CC3CC(CC(C3)C1)C2)(C(C)C)C(C)C. The molecule has 8 fully saturated rings. The Morgan fingerprint density at radius 1 is 0.605 bits per heavy atom. The molecule has 1 aromatic carbocycles. The van der Waals surface area contributed by atoms with Crippen LogP contribution in [0, 0.1) is 35.5 Å². The average Bonchev–Trinajstić information content (AvgIpc) is 2.80. The highest BCUT2D eigenvalue weighted by molar-refractivity contribution is 7.69. The minimum absolute atomic E-state index is 0.238. The first-order chi connectivity index (χ1) is 18.1. The second kappa shape index (κ2) is 9.34. The van der Waals surface area contributed by atoms with E-state index in [0.717, 1.165) is 35.5 Å². The van der Waals surface area contributed by atoms with Gasteiger partial charge in [0, 0.05) is 5.30 Å². The number of hydrogen-bond acceptors (Lipinski definition) is 1. The summed E-state index contributed by atoms with van der Waals surface area (Å²) in [5.41, 5.74) is 1.88. The van der Waals surface area contributed by atoms with Crippen LogP contribution in [-0.4, -0.2) is 18.6 Å². The quantitative estimate of drug-likeness (QED) is 0.231. The van der Waals surface area contributed by atoms with E-state index in [1.807, 2.05) is 0 Å². The van der Waals surface area contributed by atoms with Crippen LogP contribution in [0.5, 0.6) is 5.75 Å². The van der Waals surface area contributed by atoms with Gasteiger partial charge in [0.1, 0.15) is 5.75 Å². The molecule has 0 spiro atoms. The van der Waals surface area contributed by atoms with E-state index < -0.39 is 8.32 Å². The van der Waals surface area contributed by atoms with Crippen LogP contribution in [0.2, 0.25) is 16.6 Å². The molecule has 0 heterocycles. The summed E-state index contributed by atoms with van der Waals surface area (Å²) in [4.78, 5) is 0. The van der Waals surface area contributed by atoms with Gasteiger partial charge in [0.05, 0.1) is 0 Å². The third-order valence-corrected chi connectivity index (χ3v) is 22.9. The van der Waals surface area contributed by atoms with Gasteiger partial charge < -0.3 is 4.43 Å². The average molecular weight is 551 g/mol. The van der Waals surface area contributed by atoms with Crippen LogP contribution >= 0.6 is 7.92 Å². The van der Waals surface area contributed by atoms with Gasteiger partial charge >= 0.3 is 0 Å². The van der Waals surface area contributed by atoms with E-state index in [1.165, 1.54) is 5.75 Å². The molecule has 0 N–H and O–H groups in total. The van der Waals surface area contributed by atoms with E-state index in [0.29, 0.717) is 26.9 Å². The monoisotopic (exact) mass is 550 g/mol. The molecule has 0 aliphatic heterocycles. The number of hydrogen-bond donors (Lipinski definition) is 0. The fourth-order valence-corrected chi connectivity index (χ4v) is 23.6. The highest BCUT2D eigenvalue weighted by atomic mass is 31.1. The van der Waals surface area contributed by atoms with Gasteiger partial charge in [-0.1, -0.05) is 67.7 Å². The van der Waals surface area contributed by atoms with Crippen molar-refractivity contribution >= 4 is 21.5 Å². The molecule has 8 bridgehead atoms. The number of rotatable bonds is 8. The van der Waals surface area contributed by atoms with Crippen molar-refractivity contribution in [3.05, 3.63) is 24.3 Å². The highest BCUT2D eigenvalue weighted by Crippen LogP contribution is 2.78. The molecule has 0 radical (unpaired) electrons. The molecule has 8 aliphatic rings. The van der Waals surface area contributed by atoms with Gasteiger partial charge in [0.2, 0.25) is 0 Å². The topological polar surface area (TPSA) is 9.23 Å². The lowest BCUT2D eigenvalue weighted by atomic mass is 9.55. The Morgan fingerprint density at radius 2 is 0.947 bits per heavy atom. The third kappa shape index (κ3) is 3.99. The predicted molar refractivity (Wildman–Crippen MR) is 166 cm³/mol. The number of para-hydroxylation sites is 1. The minimum Gasteiger partial charge on any atom is -0.542 e. The van der Waals surface area contributed by atoms with Crippen molar-refractivity contribution in [1.29, 1.82) is 0 Å². The number of benzene rings is 1. The largest absolute Gasteiger partial charge is 0.542 e. The van der Waals surface area contributed by atoms with Crippen molar-refractivity contribution in [2.45, 2.75) is 146 Å². The van der Waals surface area contributed by atoms with E-state index in [1.54, 1.807) is 82.4 Å². The second-order valence-corrected chi connectivity index (χ2v) is 24.9. The van der Waals surface area contributed by atoms with Crippen molar-refractivity contribution in [3.63, 3.8) is 0 Å². The molecule has 3 heteroatoms. The van der Waals surface area contributed by atoms with E-state index in [2.05, 4.69) is 65.8 Å². The van der Waals surface area contributed by atoms with Crippen LogP contribution in [0.15, 0.2) is 24.3 Å². The first kappa shape index (κ1) is 26.6.